The van der Waals surface area contributed by atoms with Crippen molar-refractivity contribution in [2.45, 2.75) is 5.16 Å². The summed E-state index contributed by atoms with van der Waals surface area (Å²) in [6, 6.07) is 25.1. The minimum Gasteiger partial charge on any atom is -0.493 e. The Bertz CT molecular complexity index is 1410. The predicted octanol–water partition coefficient (Wildman–Crippen LogP) is 5.58. The van der Waals surface area contributed by atoms with Crippen LogP contribution in [-0.4, -0.2) is 46.9 Å². The molecule has 37 heavy (non-hydrogen) atoms. The molecule has 8 nitrogen and oxygen atoms in total. The average molecular weight is 578 g/mol. The van der Waals surface area contributed by atoms with E-state index < -0.39 is 0 Å². The summed E-state index contributed by atoms with van der Waals surface area (Å²) in [4.78, 5) is 12.5. The first-order valence-electron chi connectivity index (χ1n) is 11.2. The number of nitrogens with one attached hydrogen (secondary N) is 1. The molecule has 188 valence electrons. The summed E-state index contributed by atoms with van der Waals surface area (Å²) in [5.74, 6) is 1.66. The molecule has 0 radical (unpaired) electrons. The Hall–Kier alpha value is -3.89. The van der Waals surface area contributed by atoms with Crippen LogP contribution in [0.3, 0.4) is 0 Å². The number of thioether (sulfide) groups is 1. The molecule has 10 heteroatoms. The summed E-state index contributed by atoms with van der Waals surface area (Å²) in [6.45, 7) is 0. The standard InChI is InChI=1S/C27H24BrN5O3S/c1-35-23-14-13-20(16-24(23)36-2)26-31-32-27(33(26)22-11-7-4-8-12-22)37-18-25(34)30-29-17-21(28)15-19-9-5-3-6-10-19/h3-17H,18H2,1-2H3,(H,30,34)/b21-15-,29-17-. The van der Waals surface area contributed by atoms with E-state index in [0.717, 1.165) is 21.3 Å². The fraction of sp³-hybridized carbons (Fsp3) is 0.111. The van der Waals surface area contributed by atoms with Crippen molar-refractivity contribution in [3.8, 4) is 28.6 Å². The fourth-order valence-corrected chi connectivity index (χ4v) is 4.52. The number of hydrazone groups is 1. The first-order valence-corrected chi connectivity index (χ1v) is 13.0. The zero-order chi connectivity index (χ0) is 26.0. The number of amides is 1. The molecule has 0 unspecified atom stereocenters. The molecule has 0 saturated carbocycles. The number of allylic oxidation sites excluding steroid dienone is 1. The Balaban J connectivity index is 1.50. The van der Waals surface area contributed by atoms with Gasteiger partial charge in [0.2, 0.25) is 0 Å². The molecule has 0 aliphatic rings. The Morgan fingerprint density at radius 1 is 1.00 bits per heavy atom. The number of ether oxygens (including phenoxy) is 2. The lowest BCUT2D eigenvalue weighted by Crippen LogP contribution is -2.19. The Labute approximate surface area is 227 Å². The second-order valence-corrected chi connectivity index (χ2v) is 9.43. The zero-order valence-corrected chi connectivity index (χ0v) is 22.6. The first kappa shape index (κ1) is 26.2. The van der Waals surface area contributed by atoms with Crippen LogP contribution < -0.4 is 14.9 Å². The van der Waals surface area contributed by atoms with Crippen molar-refractivity contribution in [1.29, 1.82) is 0 Å². The summed E-state index contributed by atoms with van der Waals surface area (Å²) >= 11 is 4.70. The summed E-state index contributed by atoms with van der Waals surface area (Å²) < 4.78 is 13.4. The molecule has 0 bridgehead atoms. The van der Waals surface area contributed by atoms with Gasteiger partial charge in [-0.05, 0) is 57.9 Å². The lowest BCUT2D eigenvalue weighted by Gasteiger charge is -2.12. The van der Waals surface area contributed by atoms with Crippen molar-refractivity contribution in [3.05, 3.63) is 88.9 Å². The third-order valence-electron chi connectivity index (χ3n) is 5.10. The van der Waals surface area contributed by atoms with Gasteiger partial charge in [0, 0.05) is 15.7 Å². The lowest BCUT2D eigenvalue weighted by atomic mass is 10.2. The van der Waals surface area contributed by atoms with Crippen LogP contribution in [0.4, 0.5) is 0 Å². The van der Waals surface area contributed by atoms with Crippen LogP contribution in [0.25, 0.3) is 23.2 Å². The van der Waals surface area contributed by atoms with Crippen LogP contribution in [-0.2, 0) is 4.79 Å². The molecule has 0 aliphatic carbocycles. The van der Waals surface area contributed by atoms with Crippen molar-refractivity contribution in [1.82, 2.24) is 20.2 Å². The van der Waals surface area contributed by atoms with E-state index in [9.17, 15) is 4.79 Å². The molecule has 4 rings (SSSR count). The molecule has 0 aliphatic heterocycles. The van der Waals surface area contributed by atoms with Crippen LogP contribution in [0.2, 0.25) is 0 Å². The van der Waals surface area contributed by atoms with Gasteiger partial charge < -0.3 is 9.47 Å². The maximum absolute atomic E-state index is 12.5. The molecule has 0 fully saturated rings. The second kappa shape index (κ2) is 12.9. The number of nitrogens with zero attached hydrogens (tertiary/aromatic N) is 4. The van der Waals surface area contributed by atoms with Crippen LogP contribution in [0.1, 0.15) is 5.56 Å². The molecular weight excluding hydrogens is 554 g/mol. The highest BCUT2D eigenvalue weighted by Gasteiger charge is 2.18. The molecule has 4 aromatic rings. The molecule has 1 N–H and O–H groups in total. The van der Waals surface area contributed by atoms with Crippen molar-refractivity contribution >= 4 is 45.9 Å². The maximum atomic E-state index is 12.5. The normalized spacial score (nSPS) is 11.5. The van der Waals surface area contributed by atoms with E-state index in [2.05, 4.69) is 36.7 Å². The summed E-state index contributed by atoms with van der Waals surface area (Å²) in [6.07, 6.45) is 3.44. The SMILES string of the molecule is COc1ccc(-c2nnc(SCC(=O)N/N=C\C(Br)=C\c3ccccc3)n2-c2ccccc2)cc1OC. The number of halogens is 1. The summed E-state index contributed by atoms with van der Waals surface area (Å²) in [5, 5.41) is 13.4. The van der Waals surface area contributed by atoms with E-state index >= 15 is 0 Å². The highest BCUT2D eigenvalue weighted by Crippen LogP contribution is 2.34. The van der Waals surface area contributed by atoms with E-state index in [1.165, 1.54) is 18.0 Å². The van der Waals surface area contributed by atoms with Gasteiger partial charge in [0.1, 0.15) is 0 Å². The molecule has 0 spiro atoms. The molecule has 3 aromatic carbocycles. The van der Waals surface area contributed by atoms with Crippen molar-refractivity contribution in [2.75, 3.05) is 20.0 Å². The van der Waals surface area contributed by atoms with Crippen LogP contribution in [0.15, 0.2) is 93.6 Å². The predicted molar refractivity (Wildman–Crippen MR) is 151 cm³/mol. The summed E-state index contributed by atoms with van der Waals surface area (Å²) in [5.41, 5.74) is 5.23. The Morgan fingerprint density at radius 2 is 1.70 bits per heavy atom. The first-order chi connectivity index (χ1) is 18.1. The largest absolute Gasteiger partial charge is 0.493 e. The van der Waals surface area contributed by atoms with Crippen LogP contribution in [0.5, 0.6) is 11.5 Å². The molecule has 0 saturated heterocycles. The zero-order valence-electron chi connectivity index (χ0n) is 20.2. The van der Waals surface area contributed by atoms with E-state index in [1.807, 2.05) is 89.5 Å². The van der Waals surface area contributed by atoms with Crippen molar-refractivity contribution < 1.29 is 14.3 Å². The van der Waals surface area contributed by atoms with Gasteiger partial charge in [0.25, 0.3) is 5.91 Å². The number of benzene rings is 3. The minimum absolute atomic E-state index is 0.105. The third-order valence-corrected chi connectivity index (χ3v) is 6.47. The van der Waals surface area contributed by atoms with Gasteiger partial charge in [0.15, 0.2) is 22.5 Å². The van der Waals surface area contributed by atoms with Gasteiger partial charge >= 0.3 is 0 Å². The monoisotopic (exact) mass is 577 g/mol. The number of rotatable bonds is 10. The number of carbonyl (C=O) groups excluding carboxylic acids is 1. The van der Waals surface area contributed by atoms with E-state index in [0.29, 0.717) is 22.5 Å². The second-order valence-electron chi connectivity index (χ2n) is 7.57. The Morgan fingerprint density at radius 3 is 2.41 bits per heavy atom. The van der Waals surface area contributed by atoms with Gasteiger partial charge in [-0.1, -0.05) is 60.3 Å². The van der Waals surface area contributed by atoms with Gasteiger partial charge in [-0.25, -0.2) is 5.43 Å². The van der Waals surface area contributed by atoms with E-state index in [1.54, 1.807) is 14.2 Å². The number of methoxy groups -OCH3 is 2. The van der Waals surface area contributed by atoms with E-state index in [-0.39, 0.29) is 11.7 Å². The molecule has 1 amide bonds. The van der Waals surface area contributed by atoms with Crippen molar-refractivity contribution in [3.63, 3.8) is 0 Å². The van der Waals surface area contributed by atoms with Gasteiger partial charge in [-0.3, -0.25) is 9.36 Å². The van der Waals surface area contributed by atoms with Gasteiger partial charge in [0.05, 0.1) is 26.2 Å². The number of hydrogen-bond acceptors (Lipinski definition) is 7. The topological polar surface area (TPSA) is 90.6 Å². The number of carbonyl (C=O) groups is 1. The summed E-state index contributed by atoms with van der Waals surface area (Å²) in [7, 11) is 3.17. The molecule has 0 atom stereocenters. The average Bonchev–Trinajstić information content (AvgIpc) is 3.36. The maximum Gasteiger partial charge on any atom is 0.250 e. The lowest BCUT2D eigenvalue weighted by molar-refractivity contribution is -0.118. The minimum atomic E-state index is -0.267. The molecule has 1 heterocycles. The number of hydrogen-bond donors (Lipinski definition) is 1. The number of para-hydroxylation sites is 1. The van der Waals surface area contributed by atoms with Crippen LogP contribution in [0, 0.1) is 0 Å². The van der Waals surface area contributed by atoms with Crippen LogP contribution >= 0.6 is 27.7 Å². The molecular formula is C27H24BrN5O3S. The van der Waals surface area contributed by atoms with Crippen molar-refractivity contribution in [2.24, 2.45) is 5.10 Å². The van der Waals surface area contributed by atoms with Gasteiger partial charge in [-0.2, -0.15) is 5.10 Å². The quantitative estimate of drug-likeness (QED) is 0.150. The smallest absolute Gasteiger partial charge is 0.250 e. The highest BCUT2D eigenvalue weighted by atomic mass is 79.9. The van der Waals surface area contributed by atoms with Gasteiger partial charge in [-0.15, -0.1) is 10.2 Å². The third kappa shape index (κ3) is 6.87. The fourth-order valence-electron chi connectivity index (χ4n) is 3.41. The molecule has 1 aromatic heterocycles. The number of aromatic nitrogens is 3. The highest BCUT2D eigenvalue weighted by molar-refractivity contribution is 9.12. The van der Waals surface area contributed by atoms with E-state index in [4.69, 9.17) is 9.47 Å². The Kier molecular flexibility index (Phi) is 9.12.